The molecule has 0 radical (unpaired) electrons. The summed E-state index contributed by atoms with van der Waals surface area (Å²) in [5.41, 5.74) is 2.02. The topological polar surface area (TPSA) is 105 Å². The molecule has 10 nitrogen and oxygen atoms in total. The van der Waals surface area contributed by atoms with Crippen molar-refractivity contribution in [1.82, 2.24) is 24.4 Å². The Bertz CT molecular complexity index is 1080. The van der Waals surface area contributed by atoms with Crippen molar-refractivity contribution in [2.75, 3.05) is 36.4 Å². The van der Waals surface area contributed by atoms with Gasteiger partial charge in [0, 0.05) is 43.5 Å². The number of fused-ring (bicyclic) bond motifs is 1. The number of nitro benzene ring substituents is 1. The van der Waals surface area contributed by atoms with Gasteiger partial charge in [-0.05, 0) is 32.5 Å². The molecule has 0 spiro atoms. The van der Waals surface area contributed by atoms with Gasteiger partial charge in [0.1, 0.15) is 0 Å². The molecule has 0 saturated carbocycles. The molecule has 0 aliphatic carbocycles. The number of nitrogens with one attached hydrogen (secondary N) is 1. The van der Waals surface area contributed by atoms with E-state index in [4.69, 9.17) is 9.97 Å². The number of hydrogen-bond donors (Lipinski definition) is 1. The number of nitrogens with zero attached hydrogens (tertiary/aromatic N) is 7. The summed E-state index contributed by atoms with van der Waals surface area (Å²) in [5.74, 6) is 1.21. The van der Waals surface area contributed by atoms with Crippen molar-refractivity contribution in [2.24, 2.45) is 0 Å². The van der Waals surface area contributed by atoms with E-state index in [1.807, 2.05) is 11.5 Å². The number of benzene rings is 1. The molecule has 1 saturated heterocycles. The Hall–Kier alpha value is -3.27. The molecule has 3 heterocycles. The summed E-state index contributed by atoms with van der Waals surface area (Å²) in [6.45, 7) is 11.0. The highest BCUT2D eigenvalue weighted by Gasteiger charge is 2.29. The maximum atomic E-state index is 11.1. The van der Waals surface area contributed by atoms with Crippen LogP contribution in [0.15, 0.2) is 30.6 Å². The number of hydrogen-bond acceptors (Lipinski definition) is 8. The smallest absolute Gasteiger partial charge is 0.271 e. The van der Waals surface area contributed by atoms with Gasteiger partial charge in [-0.1, -0.05) is 19.9 Å². The summed E-state index contributed by atoms with van der Waals surface area (Å²) >= 11 is 0. The second-order valence-corrected chi connectivity index (χ2v) is 7.62. The van der Waals surface area contributed by atoms with E-state index in [1.54, 1.807) is 18.5 Å². The predicted molar refractivity (Wildman–Crippen MR) is 121 cm³/mol. The second-order valence-electron chi connectivity index (χ2n) is 7.62. The fraction of sp³-hybridized carbons (Fsp3) is 0.476. The van der Waals surface area contributed by atoms with Crippen LogP contribution in [-0.4, -0.2) is 61.6 Å². The fourth-order valence-corrected chi connectivity index (χ4v) is 4.19. The summed E-state index contributed by atoms with van der Waals surface area (Å²) < 4.78 is 1.98. The van der Waals surface area contributed by atoms with Crippen LogP contribution in [0.1, 0.15) is 27.2 Å². The number of aromatic nitrogens is 4. The molecule has 1 fully saturated rings. The monoisotopic (exact) mass is 424 g/mol. The van der Waals surface area contributed by atoms with Gasteiger partial charge in [0.05, 0.1) is 11.3 Å². The molecule has 1 aromatic carbocycles. The van der Waals surface area contributed by atoms with Crippen LogP contribution in [0.25, 0.3) is 11.2 Å². The van der Waals surface area contributed by atoms with E-state index >= 15 is 0 Å². The Morgan fingerprint density at radius 1 is 1.26 bits per heavy atom. The lowest BCUT2D eigenvalue weighted by molar-refractivity contribution is -0.384. The largest absolute Gasteiger partial charge is 0.339 e. The molecule has 4 rings (SSSR count). The first-order valence-corrected chi connectivity index (χ1v) is 10.8. The minimum absolute atomic E-state index is 0.0243. The summed E-state index contributed by atoms with van der Waals surface area (Å²) in [4.78, 5) is 29.5. The number of rotatable bonds is 8. The zero-order valence-electron chi connectivity index (χ0n) is 18.2. The molecule has 0 amide bonds. The van der Waals surface area contributed by atoms with Crippen LogP contribution in [0.2, 0.25) is 0 Å². The third-order valence-electron chi connectivity index (χ3n) is 5.89. The number of non-ortho nitro benzene ring substituents is 1. The van der Waals surface area contributed by atoms with Crippen molar-refractivity contribution < 1.29 is 4.92 Å². The Balaban J connectivity index is 1.70. The van der Waals surface area contributed by atoms with Crippen molar-refractivity contribution in [1.29, 1.82) is 0 Å². The van der Waals surface area contributed by atoms with Gasteiger partial charge in [-0.15, -0.1) is 0 Å². The summed E-state index contributed by atoms with van der Waals surface area (Å²) in [7, 11) is 0. The zero-order valence-corrected chi connectivity index (χ0v) is 18.2. The van der Waals surface area contributed by atoms with Gasteiger partial charge in [0.2, 0.25) is 5.95 Å². The number of anilines is 3. The van der Waals surface area contributed by atoms with Gasteiger partial charge < -0.3 is 14.8 Å². The number of aryl methyl sites for hydroxylation is 1. The third-order valence-corrected chi connectivity index (χ3v) is 5.89. The number of likely N-dealkylation sites (N-methyl/N-ethyl adjacent to an activating group) is 1. The Kier molecular flexibility index (Phi) is 5.99. The lowest BCUT2D eigenvalue weighted by atomic mass is 10.2. The van der Waals surface area contributed by atoms with Gasteiger partial charge in [0.15, 0.2) is 17.0 Å². The maximum Gasteiger partial charge on any atom is 0.271 e. The van der Waals surface area contributed by atoms with Gasteiger partial charge in [0.25, 0.3) is 5.69 Å². The SMILES string of the molecule is CCN(CC)C1CCN(c2nc(Nc3cccc([N+](=O)[O-])c3)c3ncn(CC)c3n2)C1. The first-order valence-electron chi connectivity index (χ1n) is 10.8. The predicted octanol–water partition coefficient (Wildman–Crippen LogP) is 3.42. The van der Waals surface area contributed by atoms with Crippen molar-refractivity contribution >= 4 is 34.3 Å². The molecule has 1 unspecified atom stereocenters. The van der Waals surface area contributed by atoms with E-state index in [2.05, 4.69) is 33.9 Å². The van der Waals surface area contributed by atoms with Crippen molar-refractivity contribution in [3.8, 4) is 0 Å². The summed E-state index contributed by atoms with van der Waals surface area (Å²) in [5, 5.41) is 14.4. The van der Waals surface area contributed by atoms with E-state index in [0.717, 1.165) is 44.8 Å². The molecule has 3 aromatic rings. The van der Waals surface area contributed by atoms with Crippen LogP contribution in [-0.2, 0) is 6.54 Å². The van der Waals surface area contributed by atoms with Crippen molar-refractivity contribution in [3.05, 3.63) is 40.7 Å². The third kappa shape index (κ3) is 4.15. The van der Waals surface area contributed by atoms with Crippen LogP contribution in [0, 0.1) is 10.1 Å². The average molecular weight is 425 g/mol. The average Bonchev–Trinajstić information content (AvgIpc) is 3.42. The van der Waals surface area contributed by atoms with Crippen LogP contribution >= 0.6 is 0 Å². The first kappa shape index (κ1) is 21.0. The number of nitro groups is 1. The molecule has 2 aromatic heterocycles. The Morgan fingerprint density at radius 3 is 2.77 bits per heavy atom. The van der Waals surface area contributed by atoms with E-state index in [9.17, 15) is 10.1 Å². The normalized spacial score (nSPS) is 16.4. The molecule has 164 valence electrons. The molecule has 1 aliphatic rings. The van der Waals surface area contributed by atoms with E-state index < -0.39 is 4.92 Å². The Labute approximate surface area is 181 Å². The maximum absolute atomic E-state index is 11.1. The summed E-state index contributed by atoms with van der Waals surface area (Å²) in [6.07, 6.45) is 2.83. The fourth-order valence-electron chi connectivity index (χ4n) is 4.19. The Morgan fingerprint density at radius 2 is 2.06 bits per heavy atom. The first-order chi connectivity index (χ1) is 15.0. The van der Waals surface area contributed by atoms with Gasteiger partial charge in [-0.25, -0.2) is 4.98 Å². The quantitative estimate of drug-likeness (QED) is 0.433. The van der Waals surface area contributed by atoms with Gasteiger partial charge in [-0.3, -0.25) is 15.0 Å². The summed E-state index contributed by atoms with van der Waals surface area (Å²) in [6, 6.07) is 6.88. The molecular weight excluding hydrogens is 396 g/mol. The second kappa shape index (κ2) is 8.84. The molecular formula is C21H28N8O2. The number of imidazole rings is 1. The lowest BCUT2D eigenvalue weighted by Crippen LogP contribution is -2.37. The van der Waals surface area contributed by atoms with E-state index in [0.29, 0.717) is 29.0 Å². The van der Waals surface area contributed by atoms with Crippen LogP contribution in [0.3, 0.4) is 0 Å². The standard InChI is InChI=1S/C21H28N8O2/c1-4-26(5-2)17-10-11-28(13-17)21-24-19(18-20(25-21)27(6-3)14-22-18)23-15-8-7-9-16(12-15)29(30)31/h7-9,12,14,17H,4-6,10-11,13H2,1-3H3,(H,23,24,25). The molecule has 0 bridgehead atoms. The lowest BCUT2D eigenvalue weighted by Gasteiger charge is -2.26. The minimum Gasteiger partial charge on any atom is -0.339 e. The minimum atomic E-state index is -0.407. The molecule has 1 N–H and O–H groups in total. The van der Waals surface area contributed by atoms with Crippen LogP contribution < -0.4 is 10.2 Å². The van der Waals surface area contributed by atoms with E-state index in [1.165, 1.54) is 12.1 Å². The van der Waals surface area contributed by atoms with E-state index in [-0.39, 0.29) is 5.69 Å². The van der Waals surface area contributed by atoms with Gasteiger partial charge >= 0.3 is 0 Å². The molecule has 1 aliphatic heterocycles. The highest BCUT2D eigenvalue weighted by molar-refractivity contribution is 5.86. The highest BCUT2D eigenvalue weighted by atomic mass is 16.6. The molecule has 10 heteroatoms. The van der Waals surface area contributed by atoms with Crippen molar-refractivity contribution in [2.45, 2.75) is 39.8 Å². The van der Waals surface area contributed by atoms with Gasteiger partial charge in [-0.2, -0.15) is 9.97 Å². The van der Waals surface area contributed by atoms with Crippen molar-refractivity contribution in [3.63, 3.8) is 0 Å². The zero-order chi connectivity index (χ0) is 22.0. The van der Waals surface area contributed by atoms with Crippen LogP contribution in [0.4, 0.5) is 23.1 Å². The molecule has 31 heavy (non-hydrogen) atoms. The van der Waals surface area contributed by atoms with Crippen LogP contribution in [0.5, 0.6) is 0 Å². The molecule has 1 atom stereocenters. The highest BCUT2D eigenvalue weighted by Crippen LogP contribution is 2.29.